The summed E-state index contributed by atoms with van der Waals surface area (Å²) in [6.45, 7) is 4.26. The average molecular weight is 213 g/mol. The predicted octanol–water partition coefficient (Wildman–Crippen LogP) is 2.84. The summed E-state index contributed by atoms with van der Waals surface area (Å²) in [4.78, 5) is 11.7. The van der Waals surface area contributed by atoms with Crippen molar-refractivity contribution < 1.29 is 0 Å². The van der Waals surface area contributed by atoms with Crippen molar-refractivity contribution >= 4 is 5.70 Å². The third-order valence-corrected chi connectivity index (χ3v) is 2.58. The number of hydrogen-bond donors (Lipinski definition) is 0. The van der Waals surface area contributed by atoms with Crippen molar-refractivity contribution in [2.24, 2.45) is 5.41 Å². The van der Waals surface area contributed by atoms with Gasteiger partial charge in [-0.25, -0.2) is 0 Å². The lowest BCUT2D eigenvalue weighted by Gasteiger charge is -2.12. The molecule has 0 unspecified atom stereocenters. The predicted molar refractivity (Wildman–Crippen MR) is 67.0 cm³/mol. The van der Waals surface area contributed by atoms with E-state index in [1.165, 1.54) is 0 Å². The van der Waals surface area contributed by atoms with Crippen LogP contribution in [0.3, 0.4) is 0 Å². The van der Waals surface area contributed by atoms with Crippen molar-refractivity contribution in [3.8, 4) is 0 Å². The van der Waals surface area contributed by atoms with Crippen LogP contribution in [0.1, 0.15) is 13.8 Å². The first-order valence-electron chi connectivity index (χ1n) is 5.35. The Morgan fingerprint density at radius 2 is 2.00 bits per heavy atom. The molecule has 1 aliphatic carbocycles. The van der Waals surface area contributed by atoms with Crippen LogP contribution >= 0.6 is 0 Å². The SMILES string of the molecule is CC1(C)C=CC=C(n2ccccc2=O)C=C1. The van der Waals surface area contributed by atoms with Gasteiger partial charge in [0.1, 0.15) is 0 Å². The molecule has 0 bridgehead atoms. The zero-order chi connectivity index (χ0) is 11.6. The molecule has 0 saturated carbocycles. The van der Waals surface area contributed by atoms with E-state index in [1.807, 2.05) is 24.3 Å². The molecule has 0 aliphatic heterocycles. The second kappa shape index (κ2) is 3.97. The lowest BCUT2D eigenvalue weighted by Crippen LogP contribution is -2.16. The standard InChI is InChI=1S/C14H15NO/c1-14(2)9-5-6-12(8-10-14)15-11-4-3-7-13(15)16/h3-11H,1-2H3. The molecular weight excluding hydrogens is 198 g/mol. The highest BCUT2D eigenvalue weighted by Crippen LogP contribution is 2.23. The van der Waals surface area contributed by atoms with Crippen LogP contribution in [0, 0.1) is 5.41 Å². The maximum Gasteiger partial charge on any atom is 0.255 e. The fourth-order valence-corrected chi connectivity index (χ4v) is 1.61. The summed E-state index contributed by atoms with van der Waals surface area (Å²) in [6, 6.07) is 5.17. The minimum atomic E-state index is -0.00786. The largest absolute Gasteiger partial charge is 0.284 e. The van der Waals surface area contributed by atoms with Gasteiger partial charge in [-0.05, 0) is 18.2 Å². The van der Waals surface area contributed by atoms with E-state index in [1.54, 1.807) is 22.9 Å². The Bertz CT molecular complexity index is 530. The lowest BCUT2D eigenvalue weighted by molar-refractivity contribution is 0.627. The fraction of sp³-hybridized carbons (Fsp3) is 0.214. The van der Waals surface area contributed by atoms with Gasteiger partial charge >= 0.3 is 0 Å². The third kappa shape index (κ3) is 2.22. The van der Waals surface area contributed by atoms with Gasteiger partial charge in [-0.2, -0.15) is 0 Å². The van der Waals surface area contributed by atoms with E-state index >= 15 is 0 Å². The monoisotopic (exact) mass is 213 g/mol. The Labute approximate surface area is 95.2 Å². The van der Waals surface area contributed by atoms with Gasteiger partial charge in [-0.15, -0.1) is 0 Å². The van der Waals surface area contributed by atoms with Crippen molar-refractivity contribution in [1.82, 2.24) is 4.57 Å². The highest BCUT2D eigenvalue weighted by atomic mass is 16.1. The second-order valence-corrected chi connectivity index (χ2v) is 4.51. The third-order valence-electron chi connectivity index (χ3n) is 2.58. The second-order valence-electron chi connectivity index (χ2n) is 4.51. The molecule has 1 heterocycles. The van der Waals surface area contributed by atoms with Gasteiger partial charge in [0.2, 0.25) is 0 Å². The molecule has 0 fully saturated rings. The van der Waals surface area contributed by atoms with Gasteiger partial charge in [-0.1, -0.05) is 38.1 Å². The number of nitrogens with zero attached hydrogens (tertiary/aromatic N) is 1. The molecule has 2 heteroatoms. The maximum atomic E-state index is 11.7. The summed E-state index contributed by atoms with van der Waals surface area (Å²) in [5.41, 5.74) is 0.926. The molecule has 0 radical (unpaired) electrons. The van der Waals surface area contributed by atoms with E-state index < -0.39 is 0 Å². The van der Waals surface area contributed by atoms with Crippen LogP contribution in [0.15, 0.2) is 59.6 Å². The Hall–Kier alpha value is -1.83. The number of aromatic nitrogens is 1. The summed E-state index contributed by atoms with van der Waals surface area (Å²) < 4.78 is 1.64. The molecule has 16 heavy (non-hydrogen) atoms. The minimum Gasteiger partial charge on any atom is -0.284 e. The molecule has 1 aromatic rings. The number of rotatable bonds is 1. The van der Waals surface area contributed by atoms with E-state index in [0.717, 1.165) is 5.70 Å². The van der Waals surface area contributed by atoms with Crippen LogP contribution in [0.2, 0.25) is 0 Å². The van der Waals surface area contributed by atoms with Crippen molar-refractivity contribution in [3.63, 3.8) is 0 Å². The number of hydrogen-bond acceptors (Lipinski definition) is 1. The summed E-state index contributed by atoms with van der Waals surface area (Å²) in [5.74, 6) is 0. The summed E-state index contributed by atoms with van der Waals surface area (Å²) in [5, 5.41) is 0. The normalized spacial score (nSPS) is 18.0. The summed E-state index contributed by atoms with van der Waals surface area (Å²) in [7, 11) is 0. The van der Waals surface area contributed by atoms with Crippen molar-refractivity contribution in [2.45, 2.75) is 13.8 Å². The van der Waals surface area contributed by atoms with E-state index in [2.05, 4.69) is 26.0 Å². The molecule has 0 atom stereocenters. The maximum absolute atomic E-state index is 11.7. The van der Waals surface area contributed by atoms with E-state index in [-0.39, 0.29) is 11.0 Å². The Morgan fingerprint density at radius 3 is 2.75 bits per heavy atom. The van der Waals surface area contributed by atoms with Gasteiger partial charge in [0.05, 0.1) is 0 Å². The van der Waals surface area contributed by atoms with Gasteiger partial charge in [0, 0.05) is 23.4 Å². The molecule has 0 amide bonds. The lowest BCUT2D eigenvalue weighted by atomic mass is 9.93. The van der Waals surface area contributed by atoms with E-state index in [0.29, 0.717) is 0 Å². The van der Waals surface area contributed by atoms with Gasteiger partial charge < -0.3 is 0 Å². The molecule has 82 valence electrons. The van der Waals surface area contributed by atoms with Crippen LogP contribution in [-0.2, 0) is 0 Å². The van der Waals surface area contributed by atoms with Gasteiger partial charge in [0.25, 0.3) is 5.56 Å². The van der Waals surface area contributed by atoms with Gasteiger partial charge in [0.15, 0.2) is 0 Å². The average Bonchev–Trinajstić information content (AvgIpc) is 2.40. The minimum absolute atomic E-state index is 0.00786. The number of pyridine rings is 1. The van der Waals surface area contributed by atoms with Crippen LogP contribution in [0.25, 0.3) is 5.70 Å². The summed E-state index contributed by atoms with van der Waals surface area (Å²) >= 11 is 0. The molecule has 0 spiro atoms. The molecule has 0 N–H and O–H groups in total. The highest BCUT2D eigenvalue weighted by Gasteiger charge is 2.11. The molecule has 0 saturated heterocycles. The topological polar surface area (TPSA) is 22.0 Å². The molecule has 1 aliphatic rings. The highest BCUT2D eigenvalue weighted by molar-refractivity contribution is 5.60. The molecule has 0 aromatic carbocycles. The first kappa shape index (κ1) is 10.7. The Morgan fingerprint density at radius 1 is 1.19 bits per heavy atom. The van der Waals surface area contributed by atoms with E-state index in [9.17, 15) is 4.79 Å². The molecule has 2 nitrogen and oxygen atoms in total. The smallest absolute Gasteiger partial charge is 0.255 e. The number of allylic oxidation sites excluding steroid dienone is 6. The van der Waals surface area contributed by atoms with Gasteiger partial charge in [-0.3, -0.25) is 9.36 Å². The zero-order valence-electron chi connectivity index (χ0n) is 9.55. The first-order chi connectivity index (χ1) is 7.58. The van der Waals surface area contributed by atoms with Crippen LogP contribution in [-0.4, -0.2) is 4.57 Å². The molecular formula is C14H15NO. The van der Waals surface area contributed by atoms with Crippen molar-refractivity contribution in [1.29, 1.82) is 0 Å². The first-order valence-corrected chi connectivity index (χ1v) is 5.35. The molecule has 1 aromatic heterocycles. The van der Waals surface area contributed by atoms with Crippen LogP contribution in [0.4, 0.5) is 0 Å². The Kier molecular flexibility index (Phi) is 2.65. The van der Waals surface area contributed by atoms with Crippen LogP contribution < -0.4 is 5.56 Å². The molecule has 2 rings (SSSR count). The fourth-order valence-electron chi connectivity index (χ4n) is 1.61. The summed E-state index contributed by atoms with van der Waals surface area (Å²) in [6.07, 6.45) is 11.9. The quantitative estimate of drug-likeness (QED) is 0.703. The Balaban J connectivity index is 2.45. The zero-order valence-corrected chi connectivity index (χ0v) is 9.55. The van der Waals surface area contributed by atoms with Crippen molar-refractivity contribution in [3.05, 3.63) is 65.1 Å². The van der Waals surface area contributed by atoms with Crippen LogP contribution in [0.5, 0.6) is 0 Å². The van der Waals surface area contributed by atoms with Crippen molar-refractivity contribution in [2.75, 3.05) is 0 Å². The van der Waals surface area contributed by atoms with E-state index in [4.69, 9.17) is 0 Å².